The summed E-state index contributed by atoms with van der Waals surface area (Å²) in [7, 11) is 0. The van der Waals surface area contributed by atoms with Crippen molar-refractivity contribution in [1.82, 2.24) is 0 Å². The highest BCUT2D eigenvalue weighted by atomic mass is 16.5. The average molecular weight is 281 g/mol. The second-order valence-electron chi connectivity index (χ2n) is 4.87. The molecule has 0 fully saturated rings. The molecule has 0 unspecified atom stereocenters. The van der Waals surface area contributed by atoms with Gasteiger partial charge >= 0.3 is 5.97 Å². The molecule has 0 radical (unpaired) electrons. The number of hydrogen-bond acceptors (Lipinski definition) is 5. The van der Waals surface area contributed by atoms with Crippen molar-refractivity contribution in [2.75, 3.05) is 24.6 Å². The minimum absolute atomic E-state index is 0.344. The number of aliphatic hydroxyl groups excluding tert-OH is 2. The fourth-order valence-corrected chi connectivity index (χ4v) is 1.95. The number of aliphatic hydroxyl groups is 2. The Balaban J connectivity index is 2.84. The first kappa shape index (κ1) is 16.5. The zero-order valence-electron chi connectivity index (χ0n) is 12.2. The van der Waals surface area contributed by atoms with Crippen LogP contribution in [0.5, 0.6) is 0 Å². The summed E-state index contributed by atoms with van der Waals surface area (Å²) in [6.07, 6.45) is -1.00. The minimum Gasteiger partial charge on any atom is -0.462 e. The van der Waals surface area contributed by atoms with E-state index in [-0.39, 0.29) is 5.97 Å². The minimum atomic E-state index is -0.501. The number of esters is 1. The van der Waals surface area contributed by atoms with Gasteiger partial charge in [-0.3, -0.25) is 0 Å². The third kappa shape index (κ3) is 5.19. The van der Waals surface area contributed by atoms with E-state index >= 15 is 0 Å². The molecule has 1 rings (SSSR count). The molecule has 2 atom stereocenters. The number of nitrogens with zero attached hydrogens (tertiary/aromatic N) is 1. The molecule has 0 aromatic heterocycles. The van der Waals surface area contributed by atoms with Gasteiger partial charge in [0.15, 0.2) is 0 Å². The summed E-state index contributed by atoms with van der Waals surface area (Å²) in [5.74, 6) is -0.350. The van der Waals surface area contributed by atoms with E-state index < -0.39 is 12.2 Å². The van der Waals surface area contributed by atoms with E-state index in [9.17, 15) is 15.0 Å². The fourth-order valence-electron chi connectivity index (χ4n) is 1.95. The summed E-state index contributed by atoms with van der Waals surface area (Å²) in [6, 6.07) is 6.95. The van der Waals surface area contributed by atoms with Crippen LogP contribution in [0.25, 0.3) is 0 Å². The van der Waals surface area contributed by atoms with Crippen LogP contribution in [-0.2, 0) is 4.74 Å². The van der Waals surface area contributed by atoms with Gasteiger partial charge in [0.05, 0.1) is 24.4 Å². The molecular weight excluding hydrogens is 258 g/mol. The van der Waals surface area contributed by atoms with E-state index in [1.807, 2.05) is 4.90 Å². The van der Waals surface area contributed by atoms with Crippen molar-refractivity contribution >= 4 is 11.7 Å². The molecule has 0 aliphatic carbocycles. The van der Waals surface area contributed by atoms with Crippen LogP contribution in [0.3, 0.4) is 0 Å². The van der Waals surface area contributed by atoms with Crippen molar-refractivity contribution in [3.63, 3.8) is 0 Å². The predicted octanol–water partition coefficient (Wildman–Crippen LogP) is 1.43. The summed E-state index contributed by atoms with van der Waals surface area (Å²) < 4.78 is 4.92. The van der Waals surface area contributed by atoms with Crippen molar-refractivity contribution in [1.29, 1.82) is 0 Å². The Bertz CT molecular complexity index is 404. The second-order valence-corrected chi connectivity index (χ2v) is 4.87. The third-order valence-corrected chi connectivity index (χ3v) is 2.71. The Hall–Kier alpha value is -1.59. The van der Waals surface area contributed by atoms with Crippen molar-refractivity contribution in [3.8, 4) is 0 Å². The van der Waals surface area contributed by atoms with Crippen LogP contribution < -0.4 is 4.90 Å². The molecule has 0 aliphatic rings. The molecular formula is C15H23NO4. The molecule has 5 nitrogen and oxygen atoms in total. The van der Waals surface area contributed by atoms with Crippen LogP contribution >= 0.6 is 0 Å². The van der Waals surface area contributed by atoms with Crippen LogP contribution in [0.2, 0.25) is 0 Å². The second kappa shape index (κ2) is 7.87. The smallest absolute Gasteiger partial charge is 0.338 e. The highest BCUT2D eigenvalue weighted by molar-refractivity contribution is 5.89. The molecule has 0 heterocycles. The zero-order chi connectivity index (χ0) is 15.1. The zero-order valence-corrected chi connectivity index (χ0v) is 12.2. The van der Waals surface area contributed by atoms with E-state index in [0.717, 1.165) is 5.69 Å². The maximum absolute atomic E-state index is 11.6. The molecule has 0 aliphatic heterocycles. The van der Waals surface area contributed by atoms with Crippen LogP contribution in [0.4, 0.5) is 5.69 Å². The van der Waals surface area contributed by atoms with E-state index in [2.05, 4.69) is 0 Å². The van der Waals surface area contributed by atoms with Crippen LogP contribution in [0, 0.1) is 0 Å². The monoisotopic (exact) mass is 281 g/mol. The molecule has 0 amide bonds. The first-order chi connectivity index (χ1) is 9.43. The van der Waals surface area contributed by atoms with Gasteiger partial charge in [-0.15, -0.1) is 0 Å². The Labute approximate surface area is 119 Å². The molecule has 0 saturated carbocycles. The van der Waals surface area contributed by atoms with Crippen molar-refractivity contribution in [2.24, 2.45) is 0 Å². The first-order valence-electron chi connectivity index (χ1n) is 6.82. The number of benzene rings is 1. The highest BCUT2D eigenvalue weighted by Crippen LogP contribution is 2.17. The quantitative estimate of drug-likeness (QED) is 0.740. The molecule has 2 N–H and O–H groups in total. The fraction of sp³-hybridized carbons (Fsp3) is 0.533. The van der Waals surface area contributed by atoms with Gasteiger partial charge in [-0.05, 0) is 45.0 Å². The number of rotatable bonds is 7. The van der Waals surface area contributed by atoms with E-state index in [0.29, 0.717) is 25.3 Å². The molecule has 0 bridgehead atoms. The summed E-state index contributed by atoms with van der Waals surface area (Å²) >= 11 is 0. The van der Waals surface area contributed by atoms with Gasteiger partial charge in [-0.1, -0.05) is 0 Å². The molecule has 0 spiro atoms. The van der Waals surface area contributed by atoms with Crippen LogP contribution in [0.15, 0.2) is 24.3 Å². The number of carbonyl (C=O) groups excluding carboxylic acids is 1. The summed E-state index contributed by atoms with van der Waals surface area (Å²) in [4.78, 5) is 13.4. The molecule has 0 saturated heterocycles. The number of carbonyl (C=O) groups is 1. The number of hydrogen-bond donors (Lipinski definition) is 2. The normalized spacial score (nSPS) is 13.7. The molecule has 20 heavy (non-hydrogen) atoms. The summed E-state index contributed by atoms with van der Waals surface area (Å²) in [5, 5.41) is 19.0. The summed E-state index contributed by atoms with van der Waals surface area (Å²) in [5.41, 5.74) is 1.34. The van der Waals surface area contributed by atoms with Crippen molar-refractivity contribution in [3.05, 3.63) is 29.8 Å². The van der Waals surface area contributed by atoms with Gasteiger partial charge in [-0.25, -0.2) is 4.79 Å². The molecule has 1 aromatic rings. The summed E-state index contributed by atoms with van der Waals surface area (Å²) in [6.45, 7) is 6.34. The topological polar surface area (TPSA) is 70.0 Å². The van der Waals surface area contributed by atoms with Gasteiger partial charge in [0, 0.05) is 18.8 Å². The van der Waals surface area contributed by atoms with Crippen molar-refractivity contribution < 1.29 is 19.7 Å². The SMILES string of the molecule is CCOC(=O)c1ccc(N(C[C@@H](C)O)C[C@@H](C)O)cc1. The highest BCUT2D eigenvalue weighted by Gasteiger charge is 2.13. The molecule has 5 heteroatoms. The maximum Gasteiger partial charge on any atom is 0.338 e. The standard InChI is InChI=1S/C15H23NO4/c1-4-20-15(19)13-5-7-14(8-6-13)16(9-11(2)17)10-12(3)18/h5-8,11-12,17-18H,4,9-10H2,1-3H3/t11-,12-/m1/s1. The Morgan fingerprint density at radius 1 is 1.15 bits per heavy atom. The van der Waals surface area contributed by atoms with Gasteiger partial charge in [0.2, 0.25) is 0 Å². The van der Waals surface area contributed by atoms with Gasteiger partial charge < -0.3 is 19.8 Å². The molecule has 112 valence electrons. The predicted molar refractivity (Wildman–Crippen MR) is 78.0 cm³/mol. The van der Waals surface area contributed by atoms with E-state index in [4.69, 9.17) is 4.74 Å². The third-order valence-electron chi connectivity index (χ3n) is 2.71. The van der Waals surface area contributed by atoms with Crippen molar-refractivity contribution in [2.45, 2.75) is 33.0 Å². The van der Waals surface area contributed by atoms with Crippen LogP contribution in [-0.4, -0.2) is 48.1 Å². The molecule has 1 aromatic carbocycles. The lowest BCUT2D eigenvalue weighted by Crippen LogP contribution is -2.36. The van der Waals surface area contributed by atoms with E-state index in [1.54, 1.807) is 45.0 Å². The first-order valence-corrected chi connectivity index (χ1v) is 6.82. The lowest BCUT2D eigenvalue weighted by molar-refractivity contribution is 0.0526. The lowest BCUT2D eigenvalue weighted by Gasteiger charge is -2.27. The Morgan fingerprint density at radius 3 is 2.05 bits per heavy atom. The van der Waals surface area contributed by atoms with Gasteiger partial charge in [0.25, 0.3) is 0 Å². The largest absolute Gasteiger partial charge is 0.462 e. The van der Waals surface area contributed by atoms with E-state index in [1.165, 1.54) is 0 Å². The van der Waals surface area contributed by atoms with Gasteiger partial charge in [-0.2, -0.15) is 0 Å². The Kier molecular flexibility index (Phi) is 6.48. The lowest BCUT2D eigenvalue weighted by atomic mass is 10.1. The number of anilines is 1. The maximum atomic E-state index is 11.6. The van der Waals surface area contributed by atoms with Gasteiger partial charge in [0.1, 0.15) is 0 Å². The van der Waals surface area contributed by atoms with Crippen LogP contribution in [0.1, 0.15) is 31.1 Å². The Morgan fingerprint density at radius 2 is 1.65 bits per heavy atom. The number of ether oxygens (including phenoxy) is 1. The average Bonchev–Trinajstić information content (AvgIpc) is 2.37.